The van der Waals surface area contributed by atoms with Gasteiger partial charge in [0.25, 0.3) is 0 Å². The van der Waals surface area contributed by atoms with Gasteiger partial charge >= 0.3 is 0 Å². The number of nitrogens with one attached hydrogen (secondary N) is 2. The average molecular weight is 432 g/mol. The molecule has 1 aliphatic heterocycles. The van der Waals surface area contributed by atoms with Crippen LogP contribution < -0.4 is 20.1 Å². The molecule has 30 heavy (non-hydrogen) atoms. The molecule has 7 nitrogen and oxygen atoms in total. The van der Waals surface area contributed by atoms with Gasteiger partial charge < -0.3 is 20.1 Å². The summed E-state index contributed by atoms with van der Waals surface area (Å²) in [6, 6.07) is 12.4. The standard InChI is InChI=1S/C22H26ClN3O4/c1-29-17-8-7-16(20(11-17)30-2)14-26-10-9-24-22(28)19(26)12-21(27)25-13-15-5-3-4-6-18(15)23/h3-8,11,19H,9-10,12-14H2,1-2H3,(H,24,28)(H,25,27)/t19-/m0/s1. The summed E-state index contributed by atoms with van der Waals surface area (Å²) in [4.78, 5) is 27.1. The first-order chi connectivity index (χ1) is 14.5. The number of amides is 2. The molecule has 8 heteroatoms. The highest BCUT2D eigenvalue weighted by molar-refractivity contribution is 6.31. The van der Waals surface area contributed by atoms with Gasteiger partial charge in [0, 0.05) is 42.8 Å². The van der Waals surface area contributed by atoms with E-state index in [0.717, 1.165) is 11.1 Å². The van der Waals surface area contributed by atoms with E-state index >= 15 is 0 Å². The van der Waals surface area contributed by atoms with Crippen molar-refractivity contribution in [2.24, 2.45) is 0 Å². The molecule has 0 bridgehead atoms. The number of methoxy groups -OCH3 is 2. The van der Waals surface area contributed by atoms with Crippen molar-refractivity contribution in [3.05, 3.63) is 58.6 Å². The predicted molar refractivity (Wildman–Crippen MR) is 115 cm³/mol. The molecule has 0 aliphatic carbocycles. The van der Waals surface area contributed by atoms with Gasteiger partial charge in [-0.25, -0.2) is 0 Å². The lowest BCUT2D eigenvalue weighted by molar-refractivity contribution is -0.134. The number of carbonyl (C=O) groups is 2. The summed E-state index contributed by atoms with van der Waals surface area (Å²) in [5.41, 5.74) is 1.76. The first-order valence-electron chi connectivity index (χ1n) is 9.74. The number of hydrogen-bond acceptors (Lipinski definition) is 5. The van der Waals surface area contributed by atoms with E-state index in [-0.39, 0.29) is 18.2 Å². The van der Waals surface area contributed by atoms with E-state index < -0.39 is 6.04 Å². The molecule has 1 aliphatic rings. The Balaban J connectivity index is 1.67. The number of nitrogens with zero attached hydrogens (tertiary/aromatic N) is 1. The Kier molecular flexibility index (Phi) is 7.54. The van der Waals surface area contributed by atoms with Crippen LogP contribution in [0.1, 0.15) is 17.5 Å². The van der Waals surface area contributed by atoms with Crippen molar-refractivity contribution in [1.82, 2.24) is 15.5 Å². The number of ether oxygens (including phenoxy) is 2. The first-order valence-corrected chi connectivity index (χ1v) is 10.1. The van der Waals surface area contributed by atoms with Crippen LogP contribution in [-0.2, 0) is 22.7 Å². The zero-order valence-corrected chi connectivity index (χ0v) is 17.9. The maximum absolute atomic E-state index is 12.5. The molecule has 160 valence electrons. The van der Waals surface area contributed by atoms with E-state index in [4.69, 9.17) is 21.1 Å². The lowest BCUT2D eigenvalue weighted by Crippen LogP contribution is -2.56. The van der Waals surface area contributed by atoms with E-state index in [0.29, 0.717) is 42.7 Å². The molecular formula is C22H26ClN3O4. The third-order valence-corrected chi connectivity index (χ3v) is 5.49. The van der Waals surface area contributed by atoms with Crippen LogP contribution in [0.2, 0.25) is 5.02 Å². The van der Waals surface area contributed by atoms with Gasteiger partial charge in [0.1, 0.15) is 11.5 Å². The number of halogens is 1. The second-order valence-corrected chi connectivity index (χ2v) is 7.43. The van der Waals surface area contributed by atoms with E-state index in [9.17, 15) is 9.59 Å². The van der Waals surface area contributed by atoms with Gasteiger partial charge in [0.2, 0.25) is 11.8 Å². The Labute approximate surface area is 181 Å². The molecule has 2 aromatic carbocycles. The fourth-order valence-corrected chi connectivity index (χ4v) is 3.66. The van der Waals surface area contributed by atoms with E-state index in [1.54, 1.807) is 20.3 Å². The normalized spacial score (nSPS) is 16.6. The summed E-state index contributed by atoms with van der Waals surface area (Å²) in [5.74, 6) is 1.02. The molecule has 0 saturated carbocycles. The van der Waals surface area contributed by atoms with E-state index in [1.807, 2.05) is 41.3 Å². The van der Waals surface area contributed by atoms with Crippen LogP contribution >= 0.6 is 11.6 Å². The SMILES string of the molecule is COc1ccc(CN2CCNC(=O)[C@@H]2CC(=O)NCc2ccccc2Cl)c(OC)c1. The molecule has 0 aromatic heterocycles. The zero-order chi connectivity index (χ0) is 21.5. The maximum atomic E-state index is 12.5. The molecule has 0 radical (unpaired) electrons. The van der Waals surface area contributed by atoms with Gasteiger partial charge in [-0.3, -0.25) is 14.5 Å². The molecule has 1 heterocycles. The number of hydrogen-bond donors (Lipinski definition) is 2. The van der Waals surface area contributed by atoms with Gasteiger partial charge in [0.15, 0.2) is 0 Å². The fraction of sp³-hybridized carbons (Fsp3) is 0.364. The highest BCUT2D eigenvalue weighted by Gasteiger charge is 2.32. The zero-order valence-electron chi connectivity index (χ0n) is 17.1. The van der Waals surface area contributed by atoms with Gasteiger partial charge in [-0.2, -0.15) is 0 Å². The average Bonchev–Trinajstić information content (AvgIpc) is 2.75. The number of piperazine rings is 1. The third kappa shape index (κ3) is 5.43. The molecule has 0 unspecified atom stereocenters. The molecule has 1 fully saturated rings. The summed E-state index contributed by atoms with van der Waals surface area (Å²) in [6.45, 7) is 1.99. The summed E-state index contributed by atoms with van der Waals surface area (Å²) < 4.78 is 10.7. The monoisotopic (exact) mass is 431 g/mol. The number of carbonyl (C=O) groups excluding carboxylic acids is 2. The van der Waals surface area contributed by atoms with Crippen molar-refractivity contribution in [1.29, 1.82) is 0 Å². The molecule has 0 spiro atoms. The van der Waals surface area contributed by atoms with Crippen LogP contribution in [-0.4, -0.2) is 50.1 Å². The molecule has 2 amide bonds. The molecular weight excluding hydrogens is 406 g/mol. The first kappa shape index (κ1) is 21.9. The Morgan fingerprint density at radius 3 is 2.73 bits per heavy atom. The summed E-state index contributed by atoms with van der Waals surface area (Å²) in [5, 5.41) is 6.31. The van der Waals surface area contributed by atoms with Gasteiger partial charge in [-0.05, 0) is 17.7 Å². The Morgan fingerprint density at radius 1 is 1.20 bits per heavy atom. The largest absolute Gasteiger partial charge is 0.497 e. The van der Waals surface area contributed by atoms with Crippen LogP contribution in [0.15, 0.2) is 42.5 Å². The Morgan fingerprint density at radius 2 is 2.00 bits per heavy atom. The number of rotatable bonds is 8. The van der Waals surface area contributed by atoms with E-state index in [1.165, 1.54) is 0 Å². The minimum Gasteiger partial charge on any atom is -0.497 e. The molecule has 3 rings (SSSR count). The summed E-state index contributed by atoms with van der Waals surface area (Å²) in [7, 11) is 3.20. The Bertz CT molecular complexity index is 906. The van der Waals surface area contributed by atoms with Gasteiger partial charge in [0.05, 0.1) is 26.7 Å². The van der Waals surface area contributed by atoms with Crippen LogP contribution in [0.5, 0.6) is 11.5 Å². The summed E-state index contributed by atoms with van der Waals surface area (Å²) in [6.07, 6.45) is 0.0642. The lowest BCUT2D eigenvalue weighted by atomic mass is 10.1. The van der Waals surface area contributed by atoms with Crippen molar-refractivity contribution >= 4 is 23.4 Å². The van der Waals surface area contributed by atoms with Crippen LogP contribution in [0.3, 0.4) is 0 Å². The second-order valence-electron chi connectivity index (χ2n) is 7.03. The van der Waals surface area contributed by atoms with Crippen molar-refractivity contribution < 1.29 is 19.1 Å². The minimum atomic E-state index is -0.559. The molecule has 2 aromatic rings. The Hall–Kier alpha value is -2.77. The van der Waals surface area contributed by atoms with Gasteiger partial charge in [-0.15, -0.1) is 0 Å². The number of benzene rings is 2. The van der Waals surface area contributed by atoms with Crippen molar-refractivity contribution in [2.45, 2.75) is 25.6 Å². The fourth-order valence-electron chi connectivity index (χ4n) is 3.46. The van der Waals surface area contributed by atoms with Crippen molar-refractivity contribution in [2.75, 3.05) is 27.3 Å². The van der Waals surface area contributed by atoms with Crippen LogP contribution in [0.25, 0.3) is 0 Å². The molecule has 1 atom stereocenters. The predicted octanol–water partition coefficient (Wildman–Crippen LogP) is 2.36. The maximum Gasteiger partial charge on any atom is 0.237 e. The minimum absolute atomic E-state index is 0.0642. The smallest absolute Gasteiger partial charge is 0.237 e. The molecule has 1 saturated heterocycles. The van der Waals surface area contributed by atoms with Crippen molar-refractivity contribution in [3.8, 4) is 11.5 Å². The topological polar surface area (TPSA) is 79.9 Å². The highest BCUT2D eigenvalue weighted by Crippen LogP contribution is 2.27. The highest BCUT2D eigenvalue weighted by atomic mass is 35.5. The van der Waals surface area contributed by atoms with Crippen LogP contribution in [0, 0.1) is 0 Å². The van der Waals surface area contributed by atoms with E-state index in [2.05, 4.69) is 10.6 Å². The lowest BCUT2D eigenvalue weighted by Gasteiger charge is -2.35. The third-order valence-electron chi connectivity index (χ3n) is 5.12. The molecule has 2 N–H and O–H groups in total. The second kappa shape index (κ2) is 10.3. The van der Waals surface area contributed by atoms with Crippen molar-refractivity contribution in [3.63, 3.8) is 0 Å². The summed E-state index contributed by atoms with van der Waals surface area (Å²) >= 11 is 6.14. The van der Waals surface area contributed by atoms with Crippen LogP contribution in [0.4, 0.5) is 0 Å². The van der Waals surface area contributed by atoms with Gasteiger partial charge in [-0.1, -0.05) is 35.9 Å². The quantitative estimate of drug-likeness (QED) is 0.670.